The van der Waals surface area contributed by atoms with Gasteiger partial charge in [-0.05, 0) is 50.2 Å². The van der Waals surface area contributed by atoms with Crippen molar-refractivity contribution in [3.8, 4) is 5.69 Å². The molecule has 0 radical (unpaired) electrons. The Labute approximate surface area is 169 Å². The molecule has 1 amide bonds. The molecule has 5 nitrogen and oxygen atoms in total. The number of pyridine rings is 1. The van der Waals surface area contributed by atoms with Crippen LogP contribution in [0.3, 0.4) is 0 Å². The highest BCUT2D eigenvalue weighted by Gasteiger charge is 2.33. The molecule has 0 saturated carbocycles. The number of amides is 1. The molecule has 3 rings (SSSR count). The second-order valence-corrected chi connectivity index (χ2v) is 6.67. The van der Waals surface area contributed by atoms with E-state index in [0.29, 0.717) is 28.2 Å². The van der Waals surface area contributed by atoms with Gasteiger partial charge in [0.2, 0.25) is 0 Å². The Bertz CT molecular complexity index is 1080. The average molecular weight is 421 g/mol. The van der Waals surface area contributed by atoms with Crippen molar-refractivity contribution in [2.75, 3.05) is 0 Å². The van der Waals surface area contributed by atoms with Crippen LogP contribution in [0.15, 0.2) is 53.9 Å². The summed E-state index contributed by atoms with van der Waals surface area (Å²) >= 11 is 5.71. The Hall–Kier alpha value is -3.13. The number of nitrogens with one attached hydrogen (secondary N) is 1. The van der Waals surface area contributed by atoms with Gasteiger partial charge in [-0.1, -0.05) is 11.6 Å². The van der Waals surface area contributed by atoms with Crippen molar-refractivity contribution in [3.05, 3.63) is 81.9 Å². The van der Waals surface area contributed by atoms with E-state index in [-0.39, 0.29) is 5.02 Å². The fourth-order valence-electron chi connectivity index (χ4n) is 2.91. The van der Waals surface area contributed by atoms with Crippen LogP contribution >= 0.6 is 11.6 Å². The SMILES string of the molecule is Cc1cc(C=NNC(=O)c2cccnc2)c(C)n1-c1ccc(Cl)c(C(F)(F)F)c1. The number of rotatable bonds is 4. The summed E-state index contributed by atoms with van der Waals surface area (Å²) in [6, 6.07) is 8.74. The predicted molar refractivity (Wildman–Crippen MR) is 105 cm³/mol. The lowest BCUT2D eigenvalue weighted by Crippen LogP contribution is -2.17. The maximum Gasteiger partial charge on any atom is 0.417 e. The summed E-state index contributed by atoms with van der Waals surface area (Å²) in [6.45, 7) is 3.51. The van der Waals surface area contributed by atoms with E-state index in [9.17, 15) is 18.0 Å². The molecule has 0 saturated heterocycles. The number of hydrogen-bond acceptors (Lipinski definition) is 3. The number of aryl methyl sites for hydroxylation is 1. The summed E-state index contributed by atoms with van der Waals surface area (Å²) in [6.07, 6.45) is -0.151. The molecule has 9 heteroatoms. The fraction of sp³-hybridized carbons (Fsp3) is 0.150. The number of aromatic nitrogens is 2. The molecule has 0 fully saturated rings. The van der Waals surface area contributed by atoms with Gasteiger partial charge < -0.3 is 4.57 Å². The van der Waals surface area contributed by atoms with Crippen molar-refractivity contribution in [3.63, 3.8) is 0 Å². The molecule has 2 aromatic heterocycles. The number of hydrazone groups is 1. The van der Waals surface area contributed by atoms with Crippen molar-refractivity contribution >= 4 is 23.7 Å². The molecule has 0 atom stereocenters. The third-order valence-corrected chi connectivity index (χ3v) is 4.61. The molecule has 0 bridgehead atoms. The molecule has 150 valence electrons. The van der Waals surface area contributed by atoms with Gasteiger partial charge in [0, 0.05) is 35.0 Å². The monoisotopic (exact) mass is 420 g/mol. The van der Waals surface area contributed by atoms with E-state index >= 15 is 0 Å². The minimum absolute atomic E-state index is 0.329. The molecule has 0 aliphatic heterocycles. The Kier molecular flexibility index (Phi) is 5.74. The molecule has 0 unspecified atom stereocenters. The van der Waals surface area contributed by atoms with Crippen LogP contribution in [0.2, 0.25) is 5.02 Å². The first-order chi connectivity index (χ1) is 13.7. The quantitative estimate of drug-likeness (QED) is 0.481. The van der Waals surface area contributed by atoms with Crippen molar-refractivity contribution in [2.45, 2.75) is 20.0 Å². The summed E-state index contributed by atoms with van der Waals surface area (Å²) in [5.41, 5.74) is 4.20. The van der Waals surface area contributed by atoms with Gasteiger partial charge in [0.1, 0.15) is 0 Å². The van der Waals surface area contributed by atoms with Crippen LogP contribution < -0.4 is 5.43 Å². The number of carbonyl (C=O) groups excluding carboxylic acids is 1. The summed E-state index contributed by atoms with van der Waals surface area (Å²) in [5.74, 6) is -0.421. The maximum absolute atomic E-state index is 13.2. The molecule has 3 aromatic rings. The summed E-state index contributed by atoms with van der Waals surface area (Å²) in [5, 5.41) is 3.57. The molecule has 29 heavy (non-hydrogen) atoms. The van der Waals surface area contributed by atoms with E-state index in [0.717, 1.165) is 6.07 Å². The Morgan fingerprint density at radius 3 is 2.66 bits per heavy atom. The molecule has 2 heterocycles. The van der Waals surface area contributed by atoms with Gasteiger partial charge in [-0.15, -0.1) is 0 Å². The zero-order valence-electron chi connectivity index (χ0n) is 15.5. The van der Waals surface area contributed by atoms with Gasteiger partial charge in [-0.25, -0.2) is 5.43 Å². The number of benzene rings is 1. The first-order valence-electron chi connectivity index (χ1n) is 8.48. The smallest absolute Gasteiger partial charge is 0.318 e. The normalized spacial score (nSPS) is 11.8. The number of alkyl halides is 3. The van der Waals surface area contributed by atoms with Crippen LogP contribution in [0.5, 0.6) is 0 Å². The van der Waals surface area contributed by atoms with Crippen molar-refractivity contribution in [1.29, 1.82) is 0 Å². The van der Waals surface area contributed by atoms with E-state index in [1.54, 1.807) is 42.8 Å². The van der Waals surface area contributed by atoms with E-state index in [1.807, 2.05) is 0 Å². The largest absolute Gasteiger partial charge is 0.417 e. The molecule has 1 N–H and O–H groups in total. The van der Waals surface area contributed by atoms with E-state index in [1.165, 1.54) is 24.5 Å². The first kappa shape index (κ1) is 20.6. The second-order valence-electron chi connectivity index (χ2n) is 6.26. The average Bonchev–Trinajstić information content (AvgIpc) is 2.95. The van der Waals surface area contributed by atoms with Crippen molar-refractivity contribution in [1.82, 2.24) is 15.0 Å². The highest BCUT2D eigenvalue weighted by atomic mass is 35.5. The summed E-state index contributed by atoms with van der Waals surface area (Å²) in [4.78, 5) is 15.8. The summed E-state index contributed by atoms with van der Waals surface area (Å²) < 4.78 is 41.2. The van der Waals surface area contributed by atoms with Gasteiger partial charge >= 0.3 is 6.18 Å². The van der Waals surface area contributed by atoms with Gasteiger partial charge in [-0.3, -0.25) is 9.78 Å². The van der Waals surface area contributed by atoms with Gasteiger partial charge in [0.25, 0.3) is 5.91 Å². The van der Waals surface area contributed by atoms with Gasteiger partial charge in [0.05, 0.1) is 22.4 Å². The lowest BCUT2D eigenvalue weighted by molar-refractivity contribution is -0.137. The fourth-order valence-corrected chi connectivity index (χ4v) is 3.13. The Morgan fingerprint density at radius 1 is 1.24 bits per heavy atom. The zero-order chi connectivity index (χ0) is 21.2. The summed E-state index contributed by atoms with van der Waals surface area (Å²) in [7, 11) is 0. The van der Waals surface area contributed by atoms with Crippen LogP contribution in [-0.2, 0) is 6.18 Å². The molecule has 0 spiro atoms. The first-order valence-corrected chi connectivity index (χ1v) is 8.86. The Morgan fingerprint density at radius 2 is 2.00 bits per heavy atom. The van der Waals surface area contributed by atoms with Crippen LogP contribution in [0, 0.1) is 13.8 Å². The van der Waals surface area contributed by atoms with Crippen molar-refractivity contribution < 1.29 is 18.0 Å². The number of halogens is 4. The molecular weight excluding hydrogens is 405 g/mol. The van der Waals surface area contributed by atoms with E-state index in [2.05, 4.69) is 15.5 Å². The number of nitrogens with zero attached hydrogens (tertiary/aromatic N) is 3. The highest BCUT2D eigenvalue weighted by molar-refractivity contribution is 6.31. The standard InChI is InChI=1S/C20H16ClF3N4O/c1-12-8-15(11-26-27-19(29)14-4-3-7-25-10-14)13(2)28(12)16-5-6-18(21)17(9-16)20(22,23)24/h3-11H,1-2H3,(H,27,29). The van der Waals surface area contributed by atoms with E-state index in [4.69, 9.17) is 11.6 Å². The molecule has 0 aliphatic rings. The minimum Gasteiger partial charge on any atom is -0.318 e. The van der Waals surface area contributed by atoms with Crippen molar-refractivity contribution in [2.24, 2.45) is 5.10 Å². The van der Waals surface area contributed by atoms with Gasteiger partial charge in [-0.2, -0.15) is 18.3 Å². The maximum atomic E-state index is 13.2. The third-order valence-electron chi connectivity index (χ3n) is 4.28. The molecular formula is C20H16ClF3N4O. The van der Waals surface area contributed by atoms with Crippen LogP contribution in [-0.4, -0.2) is 21.7 Å². The zero-order valence-corrected chi connectivity index (χ0v) is 16.2. The van der Waals surface area contributed by atoms with E-state index < -0.39 is 17.6 Å². The van der Waals surface area contributed by atoms with Crippen LogP contribution in [0.4, 0.5) is 13.2 Å². The highest BCUT2D eigenvalue weighted by Crippen LogP contribution is 2.36. The number of carbonyl (C=O) groups is 1. The van der Waals surface area contributed by atoms with Gasteiger partial charge in [0.15, 0.2) is 0 Å². The van der Waals surface area contributed by atoms with Crippen LogP contribution in [0.1, 0.15) is 32.9 Å². The topological polar surface area (TPSA) is 59.3 Å². The lowest BCUT2D eigenvalue weighted by atomic mass is 10.2. The van der Waals surface area contributed by atoms with Crippen LogP contribution in [0.25, 0.3) is 5.69 Å². The number of hydrogen-bond donors (Lipinski definition) is 1. The third kappa shape index (κ3) is 4.48. The Balaban J connectivity index is 1.87. The second kappa shape index (κ2) is 8.08. The minimum atomic E-state index is -4.55. The predicted octanol–water partition coefficient (Wildman–Crippen LogP) is 4.93. The molecule has 1 aromatic carbocycles. The molecule has 0 aliphatic carbocycles. The lowest BCUT2D eigenvalue weighted by Gasteiger charge is -2.14.